The van der Waals surface area contributed by atoms with E-state index in [0.29, 0.717) is 11.1 Å². The van der Waals surface area contributed by atoms with Crippen molar-refractivity contribution in [2.24, 2.45) is 0 Å². The Labute approximate surface area is 160 Å². The highest BCUT2D eigenvalue weighted by atomic mass is 19.4. The van der Waals surface area contributed by atoms with Crippen LogP contribution in [0.4, 0.5) is 13.2 Å². The van der Waals surface area contributed by atoms with Gasteiger partial charge in [-0.15, -0.1) is 0 Å². The maximum absolute atomic E-state index is 13.7. The van der Waals surface area contributed by atoms with Crippen molar-refractivity contribution in [1.29, 1.82) is 5.26 Å². The molecular weight excluding hydrogens is 369 g/mol. The minimum absolute atomic E-state index is 0.154. The third-order valence-electron chi connectivity index (χ3n) is 4.59. The molecule has 0 fully saturated rings. The van der Waals surface area contributed by atoms with Gasteiger partial charge in [0.25, 0.3) is 0 Å². The number of aliphatic hydroxyl groups is 1. The highest BCUT2D eigenvalue weighted by Crippen LogP contribution is 2.41. The minimum Gasteiger partial charge on any atom is -0.374 e. The van der Waals surface area contributed by atoms with E-state index in [9.17, 15) is 23.5 Å². The van der Waals surface area contributed by atoms with Crippen LogP contribution in [0.3, 0.4) is 0 Å². The first kappa shape index (κ1) is 19.9. The molecule has 0 aliphatic heterocycles. The van der Waals surface area contributed by atoms with Crippen molar-refractivity contribution in [2.45, 2.75) is 25.2 Å². The number of halogens is 3. The summed E-state index contributed by atoms with van der Waals surface area (Å²) in [6, 6.07) is 13.8. The Kier molecular flexibility index (Phi) is 5.15. The lowest BCUT2D eigenvalue weighted by molar-refractivity contribution is -0.265. The number of likely N-dealkylation sites (N-methyl/N-ethyl adjacent to an activating group) is 1. The van der Waals surface area contributed by atoms with Crippen molar-refractivity contribution in [2.75, 3.05) is 13.6 Å². The average Bonchev–Trinajstić information content (AvgIpc) is 2.99. The van der Waals surface area contributed by atoms with E-state index >= 15 is 0 Å². The molecule has 0 saturated heterocycles. The maximum atomic E-state index is 13.7. The molecule has 1 atom stereocenters. The molecule has 0 radical (unpaired) electrons. The van der Waals surface area contributed by atoms with Crippen molar-refractivity contribution >= 4 is 10.9 Å². The van der Waals surface area contributed by atoms with Crippen LogP contribution >= 0.6 is 0 Å². The number of aromatic nitrogens is 2. The summed E-state index contributed by atoms with van der Waals surface area (Å²) in [5, 5.41) is 26.4. The highest BCUT2D eigenvalue weighted by Gasteiger charge is 2.57. The molecule has 8 heteroatoms. The van der Waals surface area contributed by atoms with Gasteiger partial charge in [0.2, 0.25) is 5.60 Å². The summed E-state index contributed by atoms with van der Waals surface area (Å²) >= 11 is 0. The number of fused-ring (bicyclic) bond motifs is 1. The zero-order chi connectivity index (χ0) is 20.5. The lowest BCUT2D eigenvalue weighted by Crippen LogP contribution is -2.49. The fourth-order valence-electron chi connectivity index (χ4n) is 3.23. The van der Waals surface area contributed by atoms with E-state index < -0.39 is 24.0 Å². The first-order chi connectivity index (χ1) is 13.2. The maximum Gasteiger partial charge on any atom is 0.424 e. The number of nitrogens with zero attached hydrogens (tertiary/aromatic N) is 3. The second kappa shape index (κ2) is 7.26. The molecule has 0 spiro atoms. The van der Waals surface area contributed by atoms with Gasteiger partial charge < -0.3 is 10.4 Å². The van der Waals surface area contributed by atoms with Gasteiger partial charge in [-0.3, -0.25) is 4.68 Å². The molecule has 3 rings (SSSR count). The summed E-state index contributed by atoms with van der Waals surface area (Å²) in [7, 11) is 1.33. The van der Waals surface area contributed by atoms with Crippen LogP contribution in [-0.2, 0) is 12.1 Å². The lowest BCUT2D eigenvalue weighted by atomic mass is 9.95. The minimum atomic E-state index is -4.93. The molecule has 3 aromatic rings. The van der Waals surface area contributed by atoms with E-state index in [2.05, 4.69) is 10.4 Å². The number of nitriles is 1. The van der Waals surface area contributed by atoms with Gasteiger partial charge in [-0.1, -0.05) is 29.8 Å². The van der Waals surface area contributed by atoms with Gasteiger partial charge in [-0.05, 0) is 37.7 Å². The number of nitrogens with one attached hydrogen (secondary N) is 1. The highest BCUT2D eigenvalue weighted by molar-refractivity contribution is 5.84. The monoisotopic (exact) mass is 388 g/mol. The zero-order valence-electron chi connectivity index (χ0n) is 15.4. The van der Waals surface area contributed by atoms with E-state index in [1.54, 1.807) is 0 Å². The molecule has 28 heavy (non-hydrogen) atoms. The second-order valence-electron chi connectivity index (χ2n) is 6.73. The van der Waals surface area contributed by atoms with E-state index in [1.807, 2.05) is 37.3 Å². The zero-order valence-corrected chi connectivity index (χ0v) is 15.4. The Balaban J connectivity index is 2.23. The number of rotatable bonds is 5. The summed E-state index contributed by atoms with van der Waals surface area (Å²) in [6.07, 6.45) is -4.93. The van der Waals surface area contributed by atoms with Gasteiger partial charge in [0.15, 0.2) is 0 Å². The van der Waals surface area contributed by atoms with Gasteiger partial charge in [-0.25, -0.2) is 0 Å². The predicted octanol–water partition coefficient (Wildman–Crippen LogP) is 3.23. The number of benzene rings is 2. The smallest absolute Gasteiger partial charge is 0.374 e. The summed E-state index contributed by atoms with van der Waals surface area (Å²) < 4.78 is 42.6. The molecule has 1 unspecified atom stereocenters. The van der Waals surface area contributed by atoms with Crippen LogP contribution in [0.25, 0.3) is 10.9 Å². The topological polar surface area (TPSA) is 73.9 Å². The SMILES string of the molecule is CNCC(O)(c1nn(Cc2cccc(C)c2)c2cc(C#N)ccc12)C(F)(F)F. The molecular formula is C20H19F3N4O. The molecule has 0 aliphatic carbocycles. The third-order valence-corrected chi connectivity index (χ3v) is 4.59. The molecule has 0 aliphatic rings. The van der Waals surface area contributed by atoms with Crippen LogP contribution in [0.1, 0.15) is 22.4 Å². The number of hydrogen-bond donors (Lipinski definition) is 2. The van der Waals surface area contributed by atoms with Crippen molar-refractivity contribution in [1.82, 2.24) is 15.1 Å². The summed E-state index contributed by atoms with van der Waals surface area (Å²) in [6.45, 7) is 1.38. The molecule has 0 saturated carbocycles. The van der Waals surface area contributed by atoms with Gasteiger partial charge >= 0.3 is 6.18 Å². The second-order valence-corrected chi connectivity index (χ2v) is 6.73. The fourth-order valence-corrected chi connectivity index (χ4v) is 3.23. The van der Waals surface area contributed by atoms with Gasteiger partial charge in [0.1, 0.15) is 5.69 Å². The van der Waals surface area contributed by atoms with Crippen molar-refractivity contribution in [3.05, 3.63) is 64.8 Å². The van der Waals surface area contributed by atoms with E-state index in [4.69, 9.17) is 0 Å². The Morgan fingerprint density at radius 2 is 1.96 bits per heavy atom. The lowest BCUT2D eigenvalue weighted by Gasteiger charge is -2.28. The van der Waals surface area contributed by atoms with E-state index in [-0.39, 0.29) is 11.9 Å². The van der Waals surface area contributed by atoms with E-state index in [1.165, 1.54) is 29.9 Å². The quantitative estimate of drug-likeness (QED) is 0.704. The number of aryl methyl sites for hydroxylation is 1. The van der Waals surface area contributed by atoms with Crippen LogP contribution in [0.2, 0.25) is 0 Å². The van der Waals surface area contributed by atoms with Gasteiger partial charge in [0, 0.05) is 11.9 Å². The molecule has 1 heterocycles. The molecule has 0 bridgehead atoms. The normalized spacial score (nSPS) is 14.0. The van der Waals surface area contributed by atoms with Crippen LogP contribution in [0.5, 0.6) is 0 Å². The van der Waals surface area contributed by atoms with Crippen LogP contribution in [0.15, 0.2) is 42.5 Å². The van der Waals surface area contributed by atoms with Crippen molar-refractivity contribution < 1.29 is 18.3 Å². The average molecular weight is 388 g/mol. The first-order valence-electron chi connectivity index (χ1n) is 8.60. The van der Waals surface area contributed by atoms with Gasteiger partial charge in [-0.2, -0.15) is 23.5 Å². The van der Waals surface area contributed by atoms with Crippen molar-refractivity contribution in [3.8, 4) is 6.07 Å². The van der Waals surface area contributed by atoms with E-state index in [0.717, 1.165) is 11.1 Å². The fraction of sp³-hybridized carbons (Fsp3) is 0.300. The Hall–Kier alpha value is -2.89. The Bertz CT molecular complexity index is 1050. The summed E-state index contributed by atoms with van der Waals surface area (Å²) in [4.78, 5) is 0. The van der Waals surface area contributed by atoms with Crippen LogP contribution in [0, 0.1) is 18.3 Å². The largest absolute Gasteiger partial charge is 0.424 e. The Morgan fingerprint density at radius 3 is 2.57 bits per heavy atom. The molecule has 1 aromatic heterocycles. The number of hydrogen-bond acceptors (Lipinski definition) is 4. The molecule has 2 N–H and O–H groups in total. The summed E-state index contributed by atoms with van der Waals surface area (Å²) in [5.41, 5.74) is -1.13. The standard InChI is InChI=1S/C20H19F3N4O/c1-13-4-3-5-15(8-13)11-27-17-9-14(10-24)6-7-16(17)18(26-27)19(28,12-25-2)20(21,22)23/h3-9,25,28H,11-12H2,1-2H3. The molecule has 0 amide bonds. The number of alkyl halides is 3. The predicted molar refractivity (Wildman–Crippen MR) is 98.6 cm³/mol. The summed E-state index contributed by atoms with van der Waals surface area (Å²) in [5.74, 6) is 0. The van der Waals surface area contributed by atoms with Crippen LogP contribution in [-0.4, -0.2) is 34.7 Å². The van der Waals surface area contributed by atoms with Crippen LogP contribution < -0.4 is 5.32 Å². The van der Waals surface area contributed by atoms with Gasteiger partial charge in [0.05, 0.1) is 23.7 Å². The molecule has 5 nitrogen and oxygen atoms in total. The molecule has 146 valence electrons. The molecule has 2 aromatic carbocycles. The van der Waals surface area contributed by atoms with Crippen molar-refractivity contribution in [3.63, 3.8) is 0 Å². The third kappa shape index (κ3) is 3.46. The first-order valence-corrected chi connectivity index (χ1v) is 8.60. The Morgan fingerprint density at radius 1 is 1.21 bits per heavy atom.